The number of hydrogen-bond donors (Lipinski definition) is 0. The molecule has 1 amide bonds. The maximum Gasteiger partial charge on any atom is 0.259 e. The summed E-state index contributed by atoms with van der Waals surface area (Å²) in [5.41, 5.74) is 4.73. The fourth-order valence-corrected chi connectivity index (χ4v) is 5.36. The molecule has 3 aromatic carbocycles. The minimum Gasteiger partial charge on any atom is -0.272 e. The maximum atomic E-state index is 14.0. The predicted molar refractivity (Wildman–Crippen MR) is 145 cm³/mol. The van der Waals surface area contributed by atoms with Gasteiger partial charge in [0.25, 0.3) is 5.91 Å². The Morgan fingerprint density at radius 1 is 0.946 bits per heavy atom. The van der Waals surface area contributed by atoms with Crippen molar-refractivity contribution < 1.29 is 4.79 Å². The molecule has 2 heterocycles. The second-order valence-corrected chi connectivity index (χ2v) is 9.95. The molecule has 5 rings (SSSR count). The molecule has 2 atom stereocenters. The van der Waals surface area contributed by atoms with E-state index in [9.17, 15) is 15.3 Å². The highest BCUT2D eigenvalue weighted by molar-refractivity contribution is 7.14. The van der Waals surface area contributed by atoms with E-state index in [-0.39, 0.29) is 5.91 Å². The van der Waals surface area contributed by atoms with Gasteiger partial charge < -0.3 is 0 Å². The first-order valence-electron chi connectivity index (χ1n) is 11.6. The standard InChI is InChI=1S/C29H20ClN5OS/c1-18-7-9-19(10-8-18)24-17-37-29(33-24)35-28(36)26(27(34-35)21-5-3-2-4-6-21)25(22(15-31)16-32)20-11-13-23(30)14-12-20/h2-14,17,22,25-26H,1H3. The van der Waals surface area contributed by atoms with Crippen molar-refractivity contribution in [3.63, 3.8) is 0 Å². The first-order valence-corrected chi connectivity index (χ1v) is 12.8. The Morgan fingerprint density at radius 2 is 1.62 bits per heavy atom. The summed E-state index contributed by atoms with van der Waals surface area (Å²) in [5.74, 6) is -3.03. The smallest absolute Gasteiger partial charge is 0.259 e. The molecule has 0 saturated carbocycles. The second-order valence-electron chi connectivity index (χ2n) is 8.67. The van der Waals surface area contributed by atoms with Gasteiger partial charge in [-0.25, -0.2) is 4.98 Å². The molecular formula is C29H20ClN5OS. The van der Waals surface area contributed by atoms with Gasteiger partial charge in [-0.3, -0.25) is 4.79 Å². The maximum absolute atomic E-state index is 14.0. The summed E-state index contributed by atoms with van der Waals surface area (Å²) in [6, 6.07) is 28.4. The number of nitriles is 2. The van der Waals surface area contributed by atoms with Crippen LogP contribution in [0.2, 0.25) is 5.02 Å². The third kappa shape index (κ3) is 4.75. The van der Waals surface area contributed by atoms with Crippen molar-refractivity contribution in [1.29, 1.82) is 10.5 Å². The number of hydrazone groups is 1. The lowest BCUT2D eigenvalue weighted by atomic mass is 9.74. The molecule has 6 nitrogen and oxygen atoms in total. The summed E-state index contributed by atoms with van der Waals surface area (Å²) >= 11 is 7.42. The highest BCUT2D eigenvalue weighted by Gasteiger charge is 2.47. The van der Waals surface area contributed by atoms with Crippen LogP contribution in [-0.4, -0.2) is 16.6 Å². The van der Waals surface area contributed by atoms with E-state index in [2.05, 4.69) is 12.1 Å². The fraction of sp³-hybridized carbons (Fsp3) is 0.138. The van der Waals surface area contributed by atoms with Crippen molar-refractivity contribution in [2.75, 3.05) is 5.01 Å². The van der Waals surface area contributed by atoms with Crippen LogP contribution >= 0.6 is 22.9 Å². The van der Waals surface area contributed by atoms with Crippen LogP contribution in [0.3, 0.4) is 0 Å². The Morgan fingerprint density at radius 3 is 2.27 bits per heavy atom. The summed E-state index contributed by atoms with van der Waals surface area (Å²) in [5, 5.41) is 28.6. The number of halogens is 1. The highest BCUT2D eigenvalue weighted by atomic mass is 35.5. The molecule has 0 fully saturated rings. The first-order chi connectivity index (χ1) is 18.0. The molecule has 0 spiro atoms. The van der Waals surface area contributed by atoms with E-state index in [0.717, 1.165) is 22.4 Å². The molecule has 0 saturated heterocycles. The molecule has 1 aliphatic rings. The molecule has 180 valence electrons. The van der Waals surface area contributed by atoms with Crippen molar-refractivity contribution >= 4 is 39.7 Å². The van der Waals surface area contributed by atoms with Crippen molar-refractivity contribution in [1.82, 2.24) is 4.98 Å². The second kappa shape index (κ2) is 10.4. The number of hydrogen-bond acceptors (Lipinski definition) is 6. The lowest BCUT2D eigenvalue weighted by molar-refractivity contribution is -0.120. The quantitative estimate of drug-likeness (QED) is 0.286. The minimum absolute atomic E-state index is 0.334. The van der Waals surface area contributed by atoms with Crippen LogP contribution in [0.4, 0.5) is 5.13 Å². The molecule has 1 aliphatic heterocycles. The predicted octanol–water partition coefficient (Wildman–Crippen LogP) is 6.59. The van der Waals surface area contributed by atoms with Crippen molar-refractivity contribution in [3.8, 4) is 23.4 Å². The normalized spacial score (nSPS) is 15.8. The van der Waals surface area contributed by atoms with E-state index in [1.165, 1.54) is 16.3 Å². The molecule has 2 unspecified atom stereocenters. The Balaban J connectivity index is 1.61. The van der Waals surface area contributed by atoms with Crippen molar-refractivity contribution in [2.45, 2.75) is 12.8 Å². The van der Waals surface area contributed by atoms with E-state index in [4.69, 9.17) is 21.7 Å². The van der Waals surface area contributed by atoms with E-state index in [1.54, 1.807) is 24.3 Å². The van der Waals surface area contributed by atoms with Crippen LogP contribution in [0.15, 0.2) is 89.3 Å². The molecule has 0 aliphatic carbocycles. The number of benzene rings is 3. The van der Waals surface area contributed by atoms with Crippen LogP contribution in [0.25, 0.3) is 11.3 Å². The van der Waals surface area contributed by atoms with Gasteiger partial charge in [-0.15, -0.1) is 11.3 Å². The summed E-state index contributed by atoms with van der Waals surface area (Å²) in [7, 11) is 0. The topological polar surface area (TPSA) is 93.1 Å². The van der Waals surface area contributed by atoms with E-state index in [0.29, 0.717) is 21.4 Å². The van der Waals surface area contributed by atoms with Gasteiger partial charge >= 0.3 is 0 Å². The van der Waals surface area contributed by atoms with Gasteiger partial charge in [-0.1, -0.05) is 83.9 Å². The summed E-state index contributed by atoms with van der Waals surface area (Å²) in [4.78, 5) is 18.7. The van der Waals surface area contributed by atoms with Crippen LogP contribution in [0, 0.1) is 41.4 Å². The van der Waals surface area contributed by atoms with Crippen molar-refractivity contribution in [2.24, 2.45) is 16.9 Å². The summed E-state index contributed by atoms with van der Waals surface area (Å²) in [6.45, 7) is 2.02. The van der Waals surface area contributed by atoms with Gasteiger partial charge in [0.1, 0.15) is 5.92 Å². The number of amides is 1. The van der Waals surface area contributed by atoms with Gasteiger partial charge in [-0.2, -0.15) is 20.6 Å². The van der Waals surface area contributed by atoms with Crippen molar-refractivity contribution in [3.05, 3.63) is 106 Å². The number of carbonyl (C=O) groups is 1. The number of carbonyl (C=O) groups excluding carboxylic acids is 1. The SMILES string of the molecule is Cc1ccc(-c2csc(N3N=C(c4ccccc4)C(C(c4ccc(Cl)cc4)C(C#N)C#N)C3=O)n2)cc1. The average molecular weight is 522 g/mol. The van der Waals surface area contributed by atoms with Gasteiger partial charge in [0.05, 0.1) is 29.5 Å². The number of nitrogens with zero attached hydrogens (tertiary/aromatic N) is 5. The molecule has 8 heteroatoms. The number of aryl methyl sites for hydroxylation is 1. The Hall–Kier alpha value is -4.30. The summed E-state index contributed by atoms with van der Waals surface area (Å²) < 4.78 is 0. The van der Waals surface area contributed by atoms with Crippen LogP contribution in [0.5, 0.6) is 0 Å². The number of rotatable bonds is 6. The Kier molecular flexibility index (Phi) is 6.83. The number of aromatic nitrogens is 1. The largest absolute Gasteiger partial charge is 0.272 e. The molecule has 1 aromatic heterocycles. The van der Waals surface area contributed by atoms with Gasteiger partial charge in [0.15, 0.2) is 0 Å². The zero-order valence-corrected chi connectivity index (χ0v) is 21.3. The van der Waals surface area contributed by atoms with Gasteiger partial charge in [-0.05, 0) is 30.2 Å². The highest BCUT2D eigenvalue weighted by Crippen LogP contribution is 2.41. The third-order valence-electron chi connectivity index (χ3n) is 6.32. The lowest BCUT2D eigenvalue weighted by Crippen LogP contribution is -2.35. The number of anilines is 1. The van der Waals surface area contributed by atoms with Crippen LogP contribution < -0.4 is 5.01 Å². The Bertz CT molecular complexity index is 1540. The summed E-state index contributed by atoms with van der Waals surface area (Å²) in [6.07, 6.45) is 0. The van der Waals surface area contributed by atoms with E-state index < -0.39 is 17.8 Å². The monoisotopic (exact) mass is 521 g/mol. The first kappa shape index (κ1) is 24.4. The molecule has 0 bridgehead atoms. The third-order valence-corrected chi connectivity index (χ3v) is 7.39. The Labute approximate surface area is 223 Å². The zero-order valence-electron chi connectivity index (χ0n) is 19.7. The molecular weight excluding hydrogens is 502 g/mol. The molecule has 4 aromatic rings. The van der Waals surface area contributed by atoms with E-state index >= 15 is 0 Å². The van der Waals surface area contributed by atoms with Crippen LogP contribution in [-0.2, 0) is 4.79 Å². The zero-order chi connectivity index (χ0) is 25.9. The molecule has 37 heavy (non-hydrogen) atoms. The minimum atomic E-state index is -1.08. The van der Waals surface area contributed by atoms with Crippen LogP contribution in [0.1, 0.15) is 22.6 Å². The van der Waals surface area contributed by atoms with Gasteiger partial charge in [0, 0.05) is 21.9 Å². The fourth-order valence-electron chi connectivity index (χ4n) is 4.45. The van der Waals surface area contributed by atoms with Gasteiger partial charge in [0.2, 0.25) is 5.13 Å². The molecule has 0 N–H and O–H groups in total. The van der Waals surface area contributed by atoms with E-state index in [1.807, 2.05) is 66.9 Å². The lowest BCUT2D eigenvalue weighted by Gasteiger charge is -2.25. The average Bonchev–Trinajstić information content (AvgIpc) is 3.54. The number of thiazole rings is 1. The molecule has 0 radical (unpaired) electrons.